The number of carbonyl (C=O) groups is 2. The van der Waals surface area contributed by atoms with Gasteiger partial charge in [0.25, 0.3) is 0 Å². The average Bonchev–Trinajstić information content (AvgIpc) is 2.22. The Kier molecular flexibility index (Phi) is 17.8. The molecule has 7 N–H and O–H groups in total. The van der Waals surface area contributed by atoms with Gasteiger partial charge in [-0.1, -0.05) is 13.3 Å². The van der Waals surface area contributed by atoms with Crippen LogP contribution in [0.2, 0.25) is 0 Å². The van der Waals surface area contributed by atoms with Crippen molar-refractivity contribution < 1.29 is 43.0 Å². The van der Waals surface area contributed by atoms with Crippen LogP contribution in [0.5, 0.6) is 0 Å². The van der Waals surface area contributed by atoms with Gasteiger partial charge in [0.05, 0.1) is 0 Å². The van der Waals surface area contributed by atoms with Gasteiger partial charge < -0.3 is 20.4 Å². The van der Waals surface area contributed by atoms with Gasteiger partial charge in [-0.15, -0.1) is 0 Å². The monoisotopic (exact) mass is 333 g/mol. The molecule has 0 aromatic rings. The van der Waals surface area contributed by atoms with Gasteiger partial charge in [-0.2, -0.15) is 8.42 Å². The molecule has 0 saturated heterocycles. The standard InChI is InChI=1S/C6H10O4.C4H10O2.H3NO3S/c7-5(8)3-1-2-4-6(9)10;1-2-3-4(5)6;1-5(2,3)4/h1-4H2,(H,7,8)(H,9,10);4-6H,2-3H2,1H3;(H3,1,2,3,4). The Morgan fingerprint density at radius 1 is 1.05 bits per heavy atom. The zero-order chi connectivity index (χ0) is 17.5. The lowest BCUT2D eigenvalue weighted by molar-refractivity contribution is -0.139. The van der Waals surface area contributed by atoms with Crippen LogP contribution in [-0.4, -0.2) is 51.6 Å². The third kappa shape index (κ3) is 68.8. The van der Waals surface area contributed by atoms with Crippen LogP contribution < -0.4 is 5.14 Å². The minimum absolute atomic E-state index is 0.0628. The fourth-order valence-corrected chi connectivity index (χ4v) is 0.811. The third-order valence-electron chi connectivity index (χ3n) is 1.58. The second kappa shape index (κ2) is 15.1. The maximum Gasteiger partial charge on any atom is 0.330 e. The molecule has 0 aliphatic heterocycles. The van der Waals surface area contributed by atoms with Crippen LogP contribution in [0.4, 0.5) is 0 Å². The molecule has 0 unspecified atom stereocenters. The molecule has 0 fully saturated rings. The van der Waals surface area contributed by atoms with Crippen LogP contribution >= 0.6 is 0 Å². The Bertz CT molecular complexity index is 343. The van der Waals surface area contributed by atoms with E-state index in [0.29, 0.717) is 19.3 Å². The molecule has 0 aromatic carbocycles. The topological polar surface area (TPSA) is 195 Å². The SMILES string of the molecule is CCCC(O)O.NS(=O)(=O)O.O=C(O)CCCCC(=O)O. The lowest BCUT2D eigenvalue weighted by Crippen LogP contribution is -2.08. The molecule has 0 aromatic heterocycles. The highest BCUT2D eigenvalue weighted by molar-refractivity contribution is 7.83. The van der Waals surface area contributed by atoms with E-state index in [1.54, 1.807) is 0 Å². The third-order valence-corrected chi connectivity index (χ3v) is 1.58. The first-order chi connectivity index (χ1) is 9.40. The van der Waals surface area contributed by atoms with E-state index in [9.17, 15) is 9.59 Å². The number of hydrogen-bond donors (Lipinski definition) is 6. The summed E-state index contributed by atoms with van der Waals surface area (Å²) in [6, 6.07) is 0. The summed E-state index contributed by atoms with van der Waals surface area (Å²) < 4.78 is 25.2. The lowest BCUT2D eigenvalue weighted by atomic mass is 10.2. The number of carboxylic acid groups (broad SMARTS) is 2. The smallest absolute Gasteiger partial charge is 0.330 e. The van der Waals surface area contributed by atoms with Crippen LogP contribution in [0.15, 0.2) is 0 Å². The van der Waals surface area contributed by atoms with E-state index >= 15 is 0 Å². The van der Waals surface area contributed by atoms with Gasteiger partial charge in [-0.05, 0) is 19.3 Å². The van der Waals surface area contributed by atoms with E-state index in [-0.39, 0.29) is 12.8 Å². The van der Waals surface area contributed by atoms with Gasteiger partial charge in [-0.25, -0.2) is 5.14 Å². The molecule has 0 saturated carbocycles. The summed E-state index contributed by atoms with van der Waals surface area (Å²) >= 11 is 0. The largest absolute Gasteiger partial charge is 0.481 e. The van der Waals surface area contributed by atoms with Crippen molar-refractivity contribution in [3.63, 3.8) is 0 Å². The first-order valence-electron chi connectivity index (χ1n) is 5.95. The molecule has 21 heavy (non-hydrogen) atoms. The first-order valence-corrected chi connectivity index (χ1v) is 7.45. The van der Waals surface area contributed by atoms with Crippen molar-refractivity contribution in [2.24, 2.45) is 5.14 Å². The molecular formula is C10H23NO9S. The van der Waals surface area contributed by atoms with Gasteiger partial charge in [-0.3, -0.25) is 14.1 Å². The number of rotatable bonds is 7. The first kappa shape index (κ1) is 24.7. The van der Waals surface area contributed by atoms with E-state index in [1.807, 2.05) is 6.92 Å². The molecular weight excluding hydrogens is 310 g/mol. The van der Waals surface area contributed by atoms with Gasteiger partial charge in [0, 0.05) is 12.8 Å². The van der Waals surface area contributed by atoms with Crippen molar-refractivity contribution in [1.82, 2.24) is 0 Å². The maximum atomic E-state index is 9.90. The Morgan fingerprint density at radius 2 is 1.33 bits per heavy atom. The zero-order valence-corrected chi connectivity index (χ0v) is 12.5. The number of hydrogen-bond acceptors (Lipinski definition) is 6. The number of nitrogens with two attached hydrogens (primary N) is 1. The molecule has 0 rings (SSSR count). The predicted molar refractivity (Wildman–Crippen MR) is 72.6 cm³/mol. The normalized spacial score (nSPS) is 10.0. The molecule has 10 nitrogen and oxygen atoms in total. The molecule has 128 valence electrons. The van der Waals surface area contributed by atoms with Crippen LogP contribution in [0.1, 0.15) is 45.4 Å². The minimum atomic E-state index is -4.17. The van der Waals surface area contributed by atoms with Crippen molar-refractivity contribution in [2.45, 2.75) is 51.7 Å². The number of carboxylic acids is 2. The van der Waals surface area contributed by atoms with Crippen molar-refractivity contribution in [1.29, 1.82) is 0 Å². The van der Waals surface area contributed by atoms with E-state index in [2.05, 4.69) is 5.14 Å². The highest BCUT2D eigenvalue weighted by Crippen LogP contribution is 1.98. The summed E-state index contributed by atoms with van der Waals surface area (Å²) in [5.41, 5.74) is 0. The van der Waals surface area contributed by atoms with Crippen LogP contribution in [0.3, 0.4) is 0 Å². The number of aliphatic hydroxyl groups is 2. The minimum Gasteiger partial charge on any atom is -0.481 e. The maximum absolute atomic E-state index is 9.90. The summed E-state index contributed by atoms with van der Waals surface area (Å²) in [5, 5.41) is 36.4. The van der Waals surface area contributed by atoms with Crippen molar-refractivity contribution in [3.05, 3.63) is 0 Å². The Labute approximate surface area is 123 Å². The van der Waals surface area contributed by atoms with Gasteiger partial charge in [0.2, 0.25) is 0 Å². The molecule has 0 bridgehead atoms. The van der Waals surface area contributed by atoms with E-state index in [1.165, 1.54) is 0 Å². The molecule has 0 atom stereocenters. The molecule has 11 heteroatoms. The molecule has 0 aliphatic rings. The van der Waals surface area contributed by atoms with E-state index in [4.69, 9.17) is 33.4 Å². The Balaban J connectivity index is -0.000000252. The van der Waals surface area contributed by atoms with Gasteiger partial charge >= 0.3 is 22.2 Å². The van der Waals surface area contributed by atoms with E-state index in [0.717, 1.165) is 6.42 Å². The van der Waals surface area contributed by atoms with Gasteiger partial charge in [0.1, 0.15) is 0 Å². The van der Waals surface area contributed by atoms with Crippen molar-refractivity contribution >= 4 is 22.2 Å². The molecule has 0 aliphatic carbocycles. The summed E-state index contributed by atoms with van der Waals surface area (Å²) in [5.74, 6) is -1.74. The molecule has 0 spiro atoms. The summed E-state index contributed by atoms with van der Waals surface area (Å²) in [6.07, 6.45) is 1.23. The quantitative estimate of drug-likeness (QED) is 0.203. The summed E-state index contributed by atoms with van der Waals surface area (Å²) in [6.45, 7) is 1.90. The van der Waals surface area contributed by atoms with Crippen LogP contribution in [-0.2, 0) is 19.9 Å². The molecule has 0 heterocycles. The average molecular weight is 333 g/mol. The van der Waals surface area contributed by atoms with Crippen molar-refractivity contribution in [3.8, 4) is 0 Å². The summed E-state index contributed by atoms with van der Waals surface area (Å²) in [4.78, 5) is 19.8. The number of aliphatic carboxylic acids is 2. The second-order valence-electron chi connectivity index (χ2n) is 3.78. The zero-order valence-electron chi connectivity index (χ0n) is 11.7. The second-order valence-corrected chi connectivity index (χ2v) is 4.81. The van der Waals surface area contributed by atoms with Crippen molar-refractivity contribution in [2.75, 3.05) is 0 Å². The Morgan fingerprint density at radius 3 is 1.43 bits per heavy atom. The number of aliphatic hydroxyl groups excluding tert-OH is 1. The van der Waals surface area contributed by atoms with Gasteiger partial charge in [0.15, 0.2) is 6.29 Å². The van der Waals surface area contributed by atoms with Crippen LogP contribution in [0, 0.1) is 0 Å². The fraction of sp³-hybridized carbons (Fsp3) is 0.800. The predicted octanol–water partition coefficient (Wildman–Crippen LogP) is -0.439. The highest BCUT2D eigenvalue weighted by Gasteiger charge is 1.99. The molecule has 0 radical (unpaired) electrons. The Hall–Kier alpha value is -1.27. The molecule has 0 amide bonds. The highest BCUT2D eigenvalue weighted by atomic mass is 32.2. The number of unbranched alkanes of at least 4 members (excludes halogenated alkanes) is 1. The van der Waals surface area contributed by atoms with Crippen LogP contribution in [0.25, 0.3) is 0 Å². The lowest BCUT2D eigenvalue weighted by Gasteiger charge is -1.94. The summed E-state index contributed by atoms with van der Waals surface area (Å²) in [7, 11) is -4.17. The van der Waals surface area contributed by atoms with E-state index < -0.39 is 28.5 Å². The fourth-order valence-electron chi connectivity index (χ4n) is 0.811.